The number of esters is 2. The van der Waals surface area contributed by atoms with Gasteiger partial charge in [-0.2, -0.15) is 5.10 Å². The van der Waals surface area contributed by atoms with Gasteiger partial charge in [0.25, 0.3) is 5.91 Å². The predicted octanol–water partition coefficient (Wildman–Crippen LogP) is 3.31. The molecule has 0 spiro atoms. The molecule has 2 aromatic carbocycles. The number of methoxy groups -OCH3 is 1. The molecule has 8 nitrogen and oxygen atoms in total. The first-order chi connectivity index (χ1) is 15.4. The number of ether oxygens (including phenoxy) is 2. The molecule has 0 radical (unpaired) electrons. The van der Waals surface area contributed by atoms with Crippen LogP contribution in [0.1, 0.15) is 50.6 Å². The standard InChI is InChI=1S/C24H25N3O5/c1-5-32-24(30)21(25-22(28)17-10-9-11-18(14-17)23(29)31-4)20-15(2)26-27(16(20)3)19-12-7-6-8-13-19/h6-14,21H,5H2,1-4H3,(H,25,28). The van der Waals surface area contributed by atoms with Gasteiger partial charge in [0, 0.05) is 16.8 Å². The van der Waals surface area contributed by atoms with Crippen molar-refractivity contribution in [1.29, 1.82) is 0 Å². The molecular formula is C24H25N3O5. The number of hydrogen-bond donors (Lipinski definition) is 1. The van der Waals surface area contributed by atoms with E-state index in [-0.39, 0.29) is 17.7 Å². The minimum absolute atomic E-state index is 0.161. The molecular weight excluding hydrogens is 410 g/mol. The first-order valence-corrected chi connectivity index (χ1v) is 10.1. The van der Waals surface area contributed by atoms with Crippen LogP contribution in [0.4, 0.5) is 0 Å². The minimum atomic E-state index is -1.07. The number of carbonyl (C=O) groups is 3. The molecule has 0 fully saturated rings. The Morgan fingerprint density at radius 1 is 1.03 bits per heavy atom. The number of nitrogens with one attached hydrogen (secondary N) is 1. The van der Waals surface area contributed by atoms with E-state index >= 15 is 0 Å². The topological polar surface area (TPSA) is 99.5 Å². The second kappa shape index (κ2) is 9.91. The second-order valence-corrected chi connectivity index (χ2v) is 7.06. The fourth-order valence-electron chi connectivity index (χ4n) is 3.49. The zero-order valence-electron chi connectivity index (χ0n) is 18.4. The van der Waals surface area contributed by atoms with E-state index in [1.54, 1.807) is 36.7 Å². The third-order valence-electron chi connectivity index (χ3n) is 4.98. The number of hydrogen-bond acceptors (Lipinski definition) is 6. The predicted molar refractivity (Wildman–Crippen MR) is 118 cm³/mol. The number of carbonyl (C=O) groups excluding carboxylic acids is 3. The van der Waals surface area contributed by atoms with Gasteiger partial charge in [0.05, 0.1) is 30.7 Å². The fourth-order valence-corrected chi connectivity index (χ4v) is 3.49. The van der Waals surface area contributed by atoms with Gasteiger partial charge < -0.3 is 14.8 Å². The molecule has 1 N–H and O–H groups in total. The molecule has 1 amide bonds. The molecule has 1 aromatic heterocycles. The molecule has 0 bridgehead atoms. The summed E-state index contributed by atoms with van der Waals surface area (Å²) in [4.78, 5) is 37.6. The lowest BCUT2D eigenvalue weighted by atomic mass is 10.0. The maximum absolute atomic E-state index is 13.0. The van der Waals surface area contributed by atoms with Crippen LogP contribution in [-0.2, 0) is 14.3 Å². The third kappa shape index (κ3) is 4.69. The van der Waals surface area contributed by atoms with Gasteiger partial charge in [-0.3, -0.25) is 4.79 Å². The highest BCUT2D eigenvalue weighted by molar-refractivity contribution is 5.99. The van der Waals surface area contributed by atoms with Gasteiger partial charge in [-0.15, -0.1) is 0 Å². The van der Waals surface area contributed by atoms with E-state index in [1.165, 1.54) is 13.2 Å². The van der Waals surface area contributed by atoms with E-state index in [2.05, 4.69) is 10.4 Å². The molecule has 166 valence electrons. The molecule has 0 aliphatic heterocycles. The highest BCUT2D eigenvalue weighted by Crippen LogP contribution is 2.26. The van der Waals surface area contributed by atoms with Crippen molar-refractivity contribution in [2.75, 3.05) is 13.7 Å². The molecule has 8 heteroatoms. The number of nitrogens with zero attached hydrogens (tertiary/aromatic N) is 2. The van der Waals surface area contributed by atoms with Gasteiger partial charge in [0.1, 0.15) is 0 Å². The summed E-state index contributed by atoms with van der Waals surface area (Å²) in [5.74, 6) is -1.68. The van der Waals surface area contributed by atoms with Crippen molar-refractivity contribution in [2.45, 2.75) is 26.8 Å². The number of benzene rings is 2. The molecule has 32 heavy (non-hydrogen) atoms. The number of para-hydroxylation sites is 1. The van der Waals surface area contributed by atoms with Crippen molar-refractivity contribution in [3.05, 3.63) is 82.7 Å². The second-order valence-electron chi connectivity index (χ2n) is 7.06. The van der Waals surface area contributed by atoms with Crippen LogP contribution in [0.3, 0.4) is 0 Å². The van der Waals surface area contributed by atoms with Crippen molar-refractivity contribution < 1.29 is 23.9 Å². The Kier molecular flexibility index (Phi) is 7.04. The lowest BCUT2D eigenvalue weighted by molar-refractivity contribution is -0.145. The number of amides is 1. The Balaban J connectivity index is 1.99. The van der Waals surface area contributed by atoms with Crippen molar-refractivity contribution in [3.63, 3.8) is 0 Å². The van der Waals surface area contributed by atoms with Crippen molar-refractivity contribution in [2.24, 2.45) is 0 Å². The van der Waals surface area contributed by atoms with Crippen LogP contribution < -0.4 is 5.32 Å². The number of aromatic nitrogens is 2. The highest BCUT2D eigenvalue weighted by atomic mass is 16.5. The summed E-state index contributed by atoms with van der Waals surface area (Å²) in [6.07, 6.45) is 0. The summed E-state index contributed by atoms with van der Waals surface area (Å²) < 4.78 is 11.7. The fraction of sp³-hybridized carbons (Fsp3) is 0.250. The number of aryl methyl sites for hydroxylation is 1. The summed E-state index contributed by atoms with van der Waals surface area (Å²) in [6.45, 7) is 5.47. The van der Waals surface area contributed by atoms with Crippen molar-refractivity contribution in [1.82, 2.24) is 15.1 Å². The Bertz CT molecular complexity index is 1140. The molecule has 1 heterocycles. The van der Waals surface area contributed by atoms with E-state index in [4.69, 9.17) is 9.47 Å². The monoisotopic (exact) mass is 435 g/mol. The van der Waals surface area contributed by atoms with Crippen LogP contribution in [0.5, 0.6) is 0 Å². The summed E-state index contributed by atoms with van der Waals surface area (Å²) in [7, 11) is 1.27. The zero-order valence-corrected chi connectivity index (χ0v) is 18.4. The van der Waals surface area contributed by atoms with Crippen LogP contribution in [0.2, 0.25) is 0 Å². The Morgan fingerprint density at radius 2 is 1.72 bits per heavy atom. The molecule has 1 atom stereocenters. The quantitative estimate of drug-likeness (QED) is 0.572. The molecule has 3 aromatic rings. The van der Waals surface area contributed by atoms with E-state index in [0.717, 1.165) is 5.69 Å². The van der Waals surface area contributed by atoms with Crippen molar-refractivity contribution >= 4 is 17.8 Å². The van der Waals surface area contributed by atoms with E-state index in [9.17, 15) is 14.4 Å². The van der Waals surface area contributed by atoms with Crippen molar-refractivity contribution in [3.8, 4) is 5.69 Å². The average molecular weight is 435 g/mol. The first-order valence-electron chi connectivity index (χ1n) is 10.1. The van der Waals surface area contributed by atoms with E-state index in [1.807, 2.05) is 37.3 Å². The van der Waals surface area contributed by atoms with E-state index in [0.29, 0.717) is 17.0 Å². The maximum Gasteiger partial charge on any atom is 0.337 e. The van der Waals surface area contributed by atoms with E-state index < -0.39 is 23.9 Å². The SMILES string of the molecule is CCOC(=O)C(NC(=O)c1cccc(C(=O)OC)c1)c1c(C)nn(-c2ccccc2)c1C. The van der Waals surface area contributed by atoms with Gasteiger partial charge >= 0.3 is 11.9 Å². The summed E-state index contributed by atoms with van der Waals surface area (Å²) in [6, 6.07) is 14.5. The molecule has 0 aliphatic rings. The number of rotatable bonds is 7. The molecule has 3 rings (SSSR count). The van der Waals surface area contributed by atoms with Crippen LogP contribution >= 0.6 is 0 Å². The van der Waals surface area contributed by atoms with Gasteiger partial charge in [0.2, 0.25) is 0 Å². The van der Waals surface area contributed by atoms with Crippen LogP contribution in [-0.4, -0.2) is 41.3 Å². The lowest BCUT2D eigenvalue weighted by Crippen LogP contribution is -2.35. The van der Waals surface area contributed by atoms with Gasteiger partial charge in [-0.05, 0) is 51.1 Å². The van der Waals surface area contributed by atoms with Crippen LogP contribution in [0, 0.1) is 13.8 Å². The Morgan fingerprint density at radius 3 is 2.38 bits per heavy atom. The summed E-state index contributed by atoms with van der Waals surface area (Å²) in [5, 5.41) is 7.31. The van der Waals surface area contributed by atoms with Crippen LogP contribution in [0.25, 0.3) is 5.69 Å². The Hall–Kier alpha value is -3.94. The lowest BCUT2D eigenvalue weighted by Gasteiger charge is -2.18. The minimum Gasteiger partial charge on any atom is -0.465 e. The molecule has 0 aliphatic carbocycles. The molecule has 1 unspecified atom stereocenters. The first kappa shape index (κ1) is 22.7. The smallest absolute Gasteiger partial charge is 0.337 e. The van der Waals surface area contributed by atoms with Gasteiger partial charge in [-0.25, -0.2) is 14.3 Å². The summed E-state index contributed by atoms with van der Waals surface area (Å²) in [5.41, 5.74) is 3.14. The van der Waals surface area contributed by atoms with Gasteiger partial charge in [-0.1, -0.05) is 24.3 Å². The summed E-state index contributed by atoms with van der Waals surface area (Å²) >= 11 is 0. The normalized spacial score (nSPS) is 11.5. The van der Waals surface area contributed by atoms with Crippen LogP contribution in [0.15, 0.2) is 54.6 Å². The highest BCUT2D eigenvalue weighted by Gasteiger charge is 2.31. The van der Waals surface area contributed by atoms with Gasteiger partial charge in [0.15, 0.2) is 6.04 Å². The Labute approximate surface area is 186 Å². The maximum atomic E-state index is 13.0. The molecule has 0 saturated carbocycles. The molecule has 0 saturated heterocycles. The average Bonchev–Trinajstić information content (AvgIpc) is 3.11. The third-order valence-corrected chi connectivity index (χ3v) is 4.98. The largest absolute Gasteiger partial charge is 0.465 e. The zero-order chi connectivity index (χ0) is 23.3.